The molecule has 1 atom stereocenters. The highest BCUT2D eigenvalue weighted by atomic mass is 16.5. The van der Waals surface area contributed by atoms with E-state index in [1.165, 1.54) is 0 Å². The molecule has 3 rings (SSSR count). The van der Waals surface area contributed by atoms with Gasteiger partial charge in [0.25, 0.3) is 5.91 Å². The van der Waals surface area contributed by atoms with Crippen LogP contribution in [0.5, 0.6) is 11.5 Å². The lowest BCUT2D eigenvalue weighted by molar-refractivity contribution is -0.122. The lowest BCUT2D eigenvalue weighted by atomic mass is 10.2. The van der Waals surface area contributed by atoms with E-state index < -0.39 is 6.10 Å². The summed E-state index contributed by atoms with van der Waals surface area (Å²) < 4.78 is 10.9. The van der Waals surface area contributed by atoms with E-state index in [4.69, 9.17) is 9.47 Å². The molecule has 0 aromatic heterocycles. The maximum atomic E-state index is 12.4. The molecule has 0 saturated carbocycles. The third-order valence-corrected chi connectivity index (χ3v) is 4.26. The summed E-state index contributed by atoms with van der Waals surface area (Å²) in [6.07, 6.45) is 0.789. The fourth-order valence-corrected chi connectivity index (χ4v) is 2.85. The molecular weight excluding hydrogens is 332 g/mol. The fraction of sp³-hybridized carbons (Fsp3) is 0.300. The molecule has 2 aromatic carbocycles. The highest BCUT2D eigenvalue weighted by Gasteiger charge is 2.22. The molecule has 6 nitrogen and oxygen atoms in total. The van der Waals surface area contributed by atoms with Gasteiger partial charge in [-0.05, 0) is 49.7 Å². The number of carbonyl (C=O) groups excluding carboxylic acids is 2. The van der Waals surface area contributed by atoms with Crippen molar-refractivity contribution in [2.45, 2.75) is 25.9 Å². The van der Waals surface area contributed by atoms with Crippen molar-refractivity contribution in [2.24, 2.45) is 0 Å². The van der Waals surface area contributed by atoms with Crippen LogP contribution in [0.1, 0.15) is 19.8 Å². The molecule has 0 bridgehead atoms. The first-order valence-corrected chi connectivity index (χ1v) is 8.59. The molecule has 1 N–H and O–H groups in total. The highest BCUT2D eigenvalue weighted by Crippen LogP contribution is 2.27. The van der Waals surface area contributed by atoms with Crippen LogP contribution in [0.15, 0.2) is 48.5 Å². The van der Waals surface area contributed by atoms with Crippen LogP contribution in [0.4, 0.5) is 11.4 Å². The predicted octanol–water partition coefficient (Wildman–Crippen LogP) is 3.23. The van der Waals surface area contributed by atoms with Crippen molar-refractivity contribution in [3.05, 3.63) is 48.5 Å². The van der Waals surface area contributed by atoms with Crippen molar-refractivity contribution in [3.8, 4) is 11.5 Å². The minimum Gasteiger partial charge on any atom is -0.493 e. The number of hydrogen-bond donors (Lipinski definition) is 1. The number of nitrogens with one attached hydrogen (secondary N) is 1. The number of ether oxygens (including phenoxy) is 2. The Morgan fingerprint density at radius 3 is 2.42 bits per heavy atom. The summed E-state index contributed by atoms with van der Waals surface area (Å²) >= 11 is 0. The molecule has 1 aliphatic heterocycles. The first-order valence-electron chi connectivity index (χ1n) is 8.59. The van der Waals surface area contributed by atoms with E-state index in [-0.39, 0.29) is 11.8 Å². The van der Waals surface area contributed by atoms with Crippen LogP contribution in [0.25, 0.3) is 0 Å². The lowest BCUT2D eigenvalue weighted by Gasteiger charge is -2.18. The molecule has 0 aliphatic carbocycles. The average molecular weight is 354 g/mol. The Balaban J connectivity index is 1.61. The van der Waals surface area contributed by atoms with E-state index in [2.05, 4.69) is 5.32 Å². The second-order valence-electron chi connectivity index (χ2n) is 6.10. The second-order valence-corrected chi connectivity index (χ2v) is 6.10. The number of carbonyl (C=O) groups is 2. The number of para-hydroxylation sites is 2. The van der Waals surface area contributed by atoms with E-state index >= 15 is 0 Å². The van der Waals surface area contributed by atoms with E-state index in [0.717, 1.165) is 18.7 Å². The first-order chi connectivity index (χ1) is 12.6. The van der Waals surface area contributed by atoms with Crippen LogP contribution in [0, 0.1) is 0 Å². The molecule has 2 amide bonds. The van der Waals surface area contributed by atoms with Gasteiger partial charge in [-0.15, -0.1) is 0 Å². The molecule has 26 heavy (non-hydrogen) atoms. The molecule has 1 heterocycles. The molecule has 0 radical (unpaired) electrons. The van der Waals surface area contributed by atoms with E-state index in [0.29, 0.717) is 23.6 Å². The summed E-state index contributed by atoms with van der Waals surface area (Å²) in [7, 11) is 1.56. The van der Waals surface area contributed by atoms with Gasteiger partial charge in [-0.1, -0.05) is 12.1 Å². The lowest BCUT2D eigenvalue weighted by Crippen LogP contribution is -2.30. The SMILES string of the molecule is COc1ccccc1O[C@@H](C)C(=O)Nc1ccc(N2CCCC2=O)cc1. The first kappa shape index (κ1) is 17.8. The zero-order valence-electron chi connectivity index (χ0n) is 14.9. The van der Waals surface area contributed by atoms with Crippen LogP contribution >= 0.6 is 0 Å². The van der Waals surface area contributed by atoms with Gasteiger partial charge in [-0.2, -0.15) is 0 Å². The minimum absolute atomic E-state index is 0.139. The van der Waals surface area contributed by atoms with Crippen LogP contribution in [-0.4, -0.2) is 31.6 Å². The monoisotopic (exact) mass is 354 g/mol. The largest absolute Gasteiger partial charge is 0.493 e. The topological polar surface area (TPSA) is 67.9 Å². The predicted molar refractivity (Wildman–Crippen MR) is 99.7 cm³/mol. The maximum Gasteiger partial charge on any atom is 0.265 e. The van der Waals surface area contributed by atoms with Gasteiger partial charge in [0.1, 0.15) is 0 Å². The van der Waals surface area contributed by atoms with Gasteiger partial charge in [-0.25, -0.2) is 0 Å². The van der Waals surface area contributed by atoms with Gasteiger partial charge in [0, 0.05) is 24.3 Å². The molecule has 1 aliphatic rings. The van der Waals surface area contributed by atoms with Crippen LogP contribution in [0.2, 0.25) is 0 Å². The molecule has 2 aromatic rings. The minimum atomic E-state index is -0.689. The summed E-state index contributed by atoms with van der Waals surface area (Å²) in [5.41, 5.74) is 1.50. The van der Waals surface area contributed by atoms with Gasteiger partial charge in [0.05, 0.1) is 7.11 Å². The molecule has 136 valence electrons. The normalized spacial score (nSPS) is 14.8. The molecular formula is C20H22N2O4. The Morgan fingerprint density at radius 2 is 1.81 bits per heavy atom. The van der Waals surface area contributed by atoms with Crippen LogP contribution < -0.4 is 19.7 Å². The van der Waals surface area contributed by atoms with E-state index in [1.54, 1.807) is 43.2 Å². The number of hydrogen-bond acceptors (Lipinski definition) is 4. The average Bonchev–Trinajstić information content (AvgIpc) is 3.08. The van der Waals surface area contributed by atoms with Crippen molar-refractivity contribution in [1.29, 1.82) is 0 Å². The van der Waals surface area contributed by atoms with Gasteiger partial charge in [0.15, 0.2) is 17.6 Å². The standard InChI is InChI=1S/C20H22N2O4/c1-14(26-18-7-4-3-6-17(18)25-2)20(24)21-15-9-11-16(12-10-15)22-13-5-8-19(22)23/h3-4,6-7,9-12,14H,5,8,13H2,1-2H3,(H,21,24)/t14-/m0/s1. The Hall–Kier alpha value is -3.02. The molecule has 1 fully saturated rings. The van der Waals surface area contributed by atoms with Crippen molar-refractivity contribution in [3.63, 3.8) is 0 Å². The second kappa shape index (κ2) is 7.91. The fourth-order valence-electron chi connectivity index (χ4n) is 2.85. The summed E-state index contributed by atoms with van der Waals surface area (Å²) in [6, 6.07) is 14.4. The van der Waals surface area contributed by atoms with Crippen LogP contribution in [0.3, 0.4) is 0 Å². The number of methoxy groups -OCH3 is 1. The number of anilines is 2. The number of amides is 2. The Morgan fingerprint density at radius 1 is 1.12 bits per heavy atom. The molecule has 1 saturated heterocycles. The van der Waals surface area contributed by atoms with E-state index in [9.17, 15) is 9.59 Å². The third kappa shape index (κ3) is 3.96. The third-order valence-electron chi connectivity index (χ3n) is 4.26. The van der Waals surface area contributed by atoms with Crippen molar-refractivity contribution >= 4 is 23.2 Å². The summed E-state index contributed by atoms with van der Waals surface area (Å²) in [6.45, 7) is 2.42. The number of nitrogens with zero attached hydrogens (tertiary/aromatic N) is 1. The van der Waals surface area contributed by atoms with Crippen LogP contribution in [-0.2, 0) is 9.59 Å². The summed E-state index contributed by atoms with van der Waals surface area (Å²) in [5.74, 6) is 0.967. The zero-order valence-corrected chi connectivity index (χ0v) is 14.9. The van der Waals surface area contributed by atoms with E-state index in [1.807, 2.05) is 24.3 Å². The van der Waals surface area contributed by atoms with Crippen molar-refractivity contribution in [2.75, 3.05) is 23.9 Å². The Labute approximate surface area is 152 Å². The molecule has 0 spiro atoms. The summed E-state index contributed by atoms with van der Waals surface area (Å²) in [5, 5.41) is 2.82. The Bertz CT molecular complexity index is 789. The maximum absolute atomic E-state index is 12.4. The smallest absolute Gasteiger partial charge is 0.265 e. The quantitative estimate of drug-likeness (QED) is 0.865. The zero-order chi connectivity index (χ0) is 18.5. The van der Waals surface area contributed by atoms with Gasteiger partial charge in [0.2, 0.25) is 5.91 Å². The molecule has 6 heteroatoms. The molecule has 0 unspecified atom stereocenters. The van der Waals surface area contributed by atoms with Gasteiger partial charge < -0.3 is 19.7 Å². The highest BCUT2D eigenvalue weighted by molar-refractivity contribution is 5.96. The van der Waals surface area contributed by atoms with Crippen molar-refractivity contribution < 1.29 is 19.1 Å². The Kier molecular flexibility index (Phi) is 5.41. The summed E-state index contributed by atoms with van der Waals surface area (Å²) in [4.78, 5) is 25.9. The van der Waals surface area contributed by atoms with Gasteiger partial charge >= 0.3 is 0 Å². The number of benzene rings is 2. The van der Waals surface area contributed by atoms with Crippen molar-refractivity contribution in [1.82, 2.24) is 0 Å². The number of rotatable bonds is 6. The van der Waals surface area contributed by atoms with Gasteiger partial charge in [-0.3, -0.25) is 9.59 Å².